The van der Waals surface area contributed by atoms with Gasteiger partial charge in [-0.2, -0.15) is 0 Å². The summed E-state index contributed by atoms with van der Waals surface area (Å²) in [6, 6.07) is 0.934. The molecule has 0 radical (unpaired) electrons. The molecule has 0 aromatic heterocycles. The van der Waals surface area contributed by atoms with Gasteiger partial charge in [-0.05, 0) is 25.3 Å². The van der Waals surface area contributed by atoms with E-state index in [2.05, 4.69) is 5.32 Å². The van der Waals surface area contributed by atoms with Crippen molar-refractivity contribution < 1.29 is 0 Å². The molecule has 1 nitrogen and oxygen atoms in total. The maximum atomic E-state index is 3.45. The minimum absolute atomic E-state index is 0.934. The normalized spacial score (nSPS) is 45.0. The lowest BCUT2D eigenvalue weighted by atomic mass is 9.79. The highest BCUT2D eigenvalue weighted by Gasteiger charge is 2.31. The van der Waals surface area contributed by atoms with Gasteiger partial charge in [-0.1, -0.05) is 12.8 Å². The van der Waals surface area contributed by atoms with E-state index in [1.807, 2.05) is 0 Å². The van der Waals surface area contributed by atoms with E-state index in [0.29, 0.717) is 0 Å². The van der Waals surface area contributed by atoms with Gasteiger partial charge in [0.1, 0.15) is 0 Å². The van der Waals surface area contributed by atoms with Crippen molar-refractivity contribution in [3.63, 3.8) is 0 Å². The number of hydrogen-bond acceptors (Lipinski definition) is 1. The molecule has 8 heavy (non-hydrogen) atoms. The third kappa shape index (κ3) is 0.576. The molecule has 0 unspecified atom stereocenters. The molecule has 0 spiro atoms. The molecule has 1 aliphatic heterocycles. The monoisotopic (exact) mass is 111 g/mol. The summed E-state index contributed by atoms with van der Waals surface area (Å²) in [5, 5.41) is 3.45. The van der Waals surface area contributed by atoms with Gasteiger partial charge < -0.3 is 5.32 Å². The standard InChI is InChI=1S/C7H13N/c1-2-4-7-6(3-1)5-8-7/h6-8H,1-5H2/t6-,7-/m1/s1. The van der Waals surface area contributed by atoms with Crippen molar-refractivity contribution in [3.8, 4) is 0 Å². The summed E-state index contributed by atoms with van der Waals surface area (Å²) in [6.07, 6.45) is 5.90. The highest BCUT2D eigenvalue weighted by atomic mass is 15.0. The first-order valence-corrected chi connectivity index (χ1v) is 3.70. The molecule has 1 aliphatic carbocycles. The third-order valence-corrected chi connectivity index (χ3v) is 2.55. The zero-order valence-corrected chi connectivity index (χ0v) is 5.19. The van der Waals surface area contributed by atoms with Crippen molar-refractivity contribution in [3.05, 3.63) is 0 Å². The average Bonchev–Trinajstić information content (AvgIpc) is 1.72. The fraction of sp³-hybridized carbons (Fsp3) is 1.00. The van der Waals surface area contributed by atoms with Gasteiger partial charge in [0.25, 0.3) is 0 Å². The van der Waals surface area contributed by atoms with Crippen LogP contribution in [0.25, 0.3) is 0 Å². The van der Waals surface area contributed by atoms with E-state index in [-0.39, 0.29) is 0 Å². The predicted molar refractivity (Wildman–Crippen MR) is 33.7 cm³/mol. The van der Waals surface area contributed by atoms with Gasteiger partial charge in [0, 0.05) is 6.04 Å². The van der Waals surface area contributed by atoms with Gasteiger partial charge in [-0.15, -0.1) is 0 Å². The molecule has 2 atom stereocenters. The van der Waals surface area contributed by atoms with Crippen LogP contribution < -0.4 is 5.32 Å². The quantitative estimate of drug-likeness (QED) is 0.494. The second-order valence-electron chi connectivity index (χ2n) is 3.06. The van der Waals surface area contributed by atoms with Crippen LogP contribution in [0.3, 0.4) is 0 Å². The molecular weight excluding hydrogens is 98.1 g/mol. The van der Waals surface area contributed by atoms with Crippen molar-refractivity contribution in [2.24, 2.45) is 5.92 Å². The third-order valence-electron chi connectivity index (χ3n) is 2.55. The van der Waals surface area contributed by atoms with Gasteiger partial charge in [-0.25, -0.2) is 0 Å². The van der Waals surface area contributed by atoms with Crippen molar-refractivity contribution in [2.75, 3.05) is 6.54 Å². The average molecular weight is 111 g/mol. The molecule has 1 N–H and O–H groups in total. The minimum atomic E-state index is 0.934. The van der Waals surface area contributed by atoms with Crippen LogP contribution in [0.5, 0.6) is 0 Å². The number of nitrogens with one attached hydrogen (secondary N) is 1. The molecule has 46 valence electrons. The Labute approximate surface area is 50.5 Å². The summed E-state index contributed by atoms with van der Waals surface area (Å²) in [5.74, 6) is 1.07. The van der Waals surface area contributed by atoms with E-state index in [1.54, 1.807) is 0 Å². The molecule has 1 saturated carbocycles. The molecular formula is C7H13N. The summed E-state index contributed by atoms with van der Waals surface area (Å²) in [5.41, 5.74) is 0. The van der Waals surface area contributed by atoms with Crippen LogP contribution in [0.4, 0.5) is 0 Å². The minimum Gasteiger partial charge on any atom is -0.313 e. The highest BCUT2D eigenvalue weighted by Crippen LogP contribution is 2.29. The summed E-state index contributed by atoms with van der Waals surface area (Å²) < 4.78 is 0. The molecule has 0 amide bonds. The number of hydrogen-bond donors (Lipinski definition) is 1. The largest absolute Gasteiger partial charge is 0.313 e. The van der Waals surface area contributed by atoms with E-state index >= 15 is 0 Å². The maximum absolute atomic E-state index is 3.45. The van der Waals surface area contributed by atoms with Crippen LogP contribution >= 0.6 is 0 Å². The number of rotatable bonds is 0. The SMILES string of the molecule is C1CC[C@H]2NC[C@H]2C1. The zero-order chi connectivity index (χ0) is 5.40. The van der Waals surface area contributed by atoms with Gasteiger partial charge in [0.2, 0.25) is 0 Å². The van der Waals surface area contributed by atoms with Crippen LogP contribution in [0.15, 0.2) is 0 Å². The molecule has 1 heterocycles. The fourth-order valence-corrected chi connectivity index (χ4v) is 1.86. The molecule has 0 aromatic carbocycles. The predicted octanol–water partition coefficient (Wildman–Crippen LogP) is 1.15. The van der Waals surface area contributed by atoms with Gasteiger partial charge in [0.05, 0.1) is 0 Å². The lowest BCUT2D eigenvalue weighted by molar-refractivity contribution is 0.166. The lowest BCUT2D eigenvalue weighted by Gasteiger charge is -2.41. The van der Waals surface area contributed by atoms with Crippen LogP contribution in [0, 0.1) is 5.92 Å². The van der Waals surface area contributed by atoms with E-state index in [4.69, 9.17) is 0 Å². The van der Waals surface area contributed by atoms with Crippen LogP contribution in [-0.2, 0) is 0 Å². The number of fused-ring (bicyclic) bond motifs is 1. The second kappa shape index (κ2) is 1.73. The summed E-state index contributed by atoms with van der Waals surface area (Å²) in [4.78, 5) is 0. The Balaban J connectivity index is 1.92. The molecule has 2 rings (SSSR count). The summed E-state index contributed by atoms with van der Waals surface area (Å²) >= 11 is 0. The van der Waals surface area contributed by atoms with Crippen molar-refractivity contribution in [1.29, 1.82) is 0 Å². The van der Waals surface area contributed by atoms with Crippen molar-refractivity contribution in [2.45, 2.75) is 31.7 Å². The van der Waals surface area contributed by atoms with Crippen molar-refractivity contribution >= 4 is 0 Å². The van der Waals surface area contributed by atoms with Crippen molar-refractivity contribution in [1.82, 2.24) is 5.32 Å². The van der Waals surface area contributed by atoms with Gasteiger partial charge in [-0.3, -0.25) is 0 Å². The molecule has 1 saturated heterocycles. The molecule has 2 aliphatic rings. The first-order valence-electron chi connectivity index (χ1n) is 3.70. The molecule has 2 fully saturated rings. The van der Waals surface area contributed by atoms with Crippen LogP contribution in [-0.4, -0.2) is 12.6 Å². The van der Waals surface area contributed by atoms with Gasteiger partial charge >= 0.3 is 0 Å². The van der Waals surface area contributed by atoms with E-state index in [0.717, 1.165) is 12.0 Å². The Hall–Kier alpha value is -0.0400. The summed E-state index contributed by atoms with van der Waals surface area (Å²) in [6.45, 7) is 1.31. The first kappa shape index (κ1) is 4.80. The Morgan fingerprint density at radius 2 is 2.00 bits per heavy atom. The first-order chi connectivity index (χ1) is 3.97. The van der Waals surface area contributed by atoms with Crippen LogP contribution in [0.1, 0.15) is 25.7 Å². The smallest absolute Gasteiger partial charge is 0.0108 e. The Kier molecular flexibility index (Phi) is 1.04. The Morgan fingerprint density at radius 3 is 2.38 bits per heavy atom. The Bertz CT molecular complexity index is 78.4. The molecule has 0 aromatic rings. The van der Waals surface area contributed by atoms with E-state index in [1.165, 1.54) is 32.2 Å². The lowest BCUT2D eigenvalue weighted by Crippen LogP contribution is -2.54. The zero-order valence-electron chi connectivity index (χ0n) is 5.19. The van der Waals surface area contributed by atoms with E-state index < -0.39 is 0 Å². The fourth-order valence-electron chi connectivity index (χ4n) is 1.86. The van der Waals surface area contributed by atoms with Gasteiger partial charge in [0.15, 0.2) is 0 Å². The van der Waals surface area contributed by atoms with Crippen LogP contribution in [0.2, 0.25) is 0 Å². The second-order valence-corrected chi connectivity index (χ2v) is 3.06. The van der Waals surface area contributed by atoms with E-state index in [9.17, 15) is 0 Å². The maximum Gasteiger partial charge on any atom is 0.0108 e. The topological polar surface area (TPSA) is 12.0 Å². The highest BCUT2D eigenvalue weighted by molar-refractivity contribution is 4.90. The molecule has 0 bridgehead atoms. The molecule has 1 heteroatoms. The summed E-state index contributed by atoms with van der Waals surface area (Å²) in [7, 11) is 0. The Morgan fingerprint density at radius 1 is 1.12 bits per heavy atom.